The van der Waals surface area contributed by atoms with E-state index in [1.807, 2.05) is 0 Å². The third-order valence-electron chi connectivity index (χ3n) is 0. The molecule has 0 heterocycles. The zero-order valence-corrected chi connectivity index (χ0v) is 12.0. The Labute approximate surface area is 141 Å². The quantitative estimate of drug-likeness (QED) is 0.137. The summed E-state index contributed by atoms with van der Waals surface area (Å²) in [5, 5.41) is 37.0. The molecule has 0 spiro atoms. The van der Waals surface area contributed by atoms with Crippen molar-refractivity contribution in [2.75, 3.05) is 0 Å². The monoisotopic (exact) mass is 459 g/mol. The summed E-state index contributed by atoms with van der Waals surface area (Å²) < 4.78 is 0. The number of rotatable bonds is 0. The first-order valence-electron chi connectivity index (χ1n) is 0.916. The summed E-state index contributed by atoms with van der Waals surface area (Å²) in [4.78, 5) is 28.0. The fourth-order valence-corrected chi connectivity index (χ4v) is 0. The number of hydrogen-bond acceptors (Lipinski definition) is 12. The van der Waals surface area contributed by atoms with Gasteiger partial charge in [0, 0.05) is 19.9 Å². The van der Waals surface area contributed by atoms with Gasteiger partial charge in [-0.15, -0.1) is 0 Å². The van der Waals surface area contributed by atoms with Gasteiger partial charge >= 0.3 is 68.3 Å². The van der Waals surface area contributed by atoms with Crippen LogP contribution < -0.4 is 5.26 Å². The van der Waals surface area contributed by atoms with Crippen LogP contribution in [0.5, 0.6) is 0 Å². The van der Waals surface area contributed by atoms with E-state index in [4.69, 9.17) is 51.4 Å². The van der Waals surface area contributed by atoms with Crippen molar-refractivity contribution >= 4 is 0 Å². The van der Waals surface area contributed by atoms with Gasteiger partial charge in [0.15, 0.2) is 0 Å². The average Bonchev–Trinajstić information content (AvgIpc) is 2.20. The van der Waals surface area contributed by atoms with Gasteiger partial charge in [-0.3, -0.25) is 21.0 Å². The van der Waals surface area contributed by atoms with E-state index in [1.54, 1.807) is 0 Å². The van der Waals surface area contributed by atoms with Gasteiger partial charge in [0.05, 0.1) is 0 Å². The molecule has 0 aromatic heterocycles. The summed E-state index contributed by atoms with van der Waals surface area (Å²) >= 11 is 0. The van der Waals surface area contributed by atoms with Crippen LogP contribution in [-0.2, 0) is 68.3 Å². The maximum absolute atomic E-state index is 7.25. The van der Waals surface area contributed by atoms with Gasteiger partial charge in [0.2, 0.25) is 0 Å². The summed E-state index contributed by atoms with van der Waals surface area (Å²) in [6.45, 7) is 0. The van der Waals surface area contributed by atoms with E-state index in [2.05, 4.69) is 0 Å². The average molecular weight is 458 g/mol. The Hall–Kier alpha value is 0.878. The van der Waals surface area contributed by atoms with Crippen LogP contribution in [0, 0.1) is 19.9 Å². The topological polar surface area (TPSA) is 315 Å². The second kappa shape index (κ2) is 6610. The molecule has 0 aromatic rings. The van der Waals surface area contributed by atoms with Crippen molar-refractivity contribution in [3.05, 3.63) is 19.9 Å². The Morgan fingerprint density at radius 3 is 0.556 bits per heavy atom. The molecule has 0 aliphatic carbocycles. The molecule has 0 bridgehead atoms. The van der Waals surface area contributed by atoms with Crippen LogP contribution >= 0.6 is 0 Å². The normalized spacial score (nSPS) is 1.44. The predicted molar refractivity (Wildman–Crippen MR) is 37.7 cm³/mol. The molecule has 0 amide bonds. The second-order valence-electron chi connectivity index (χ2n) is 0. The third kappa shape index (κ3) is 5520. The van der Waals surface area contributed by atoms with Gasteiger partial charge in [0.1, 0.15) is 0 Å². The van der Waals surface area contributed by atoms with Crippen LogP contribution in [-0.4, -0.2) is 48.2 Å². The van der Waals surface area contributed by atoms with E-state index >= 15 is 0 Å². The van der Waals surface area contributed by atoms with Gasteiger partial charge in [-0.05, 0) is 0 Å². The maximum Gasteiger partial charge on any atom is 3.00 e. The van der Waals surface area contributed by atoms with Crippen LogP contribution in [0.3, 0.4) is 0 Å². The molecule has 0 aliphatic rings. The molecule has 0 aliphatic heterocycles. The summed E-state index contributed by atoms with van der Waals surface area (Å²) in [5.74, 6) is 0. The Bertz CT molecular complexity index is 15.8. The summed E-state index contributed by atoms with van der Waals surface area (Å²) in [7, 11) is 0. The van der Waals surface area contributed by atoms with Crippen molar-refractivity contribution in [2.45, 2.75) is 0 Å². The first kappa shape index (κ1) is 175. The van der Waals surface area contributed by atoms with Crippen molar-refractivity contribution < 1.29 is 122 Å². The Morgan fingerprint density at radius 1 is 0.556 bits per heavy atom. The largest absolute Gasteiger partial charge is 3.00 e. The van der Waals surface area contributed by atoms with Crippen molar-refractivity contribution in [2.24, 2.45) is 0 Å². The second-order valence-corrected chi connectivity index (χ2v) is 0. The zero-order chi connectivity index (χ0) is 10.0. The van der Waals surface area contributed by atoms with Crippen molar-refractivity contribution in [3.8, 4) is 0 Å². The first-order valence-corrected chi connectivity index (χ1v) is 0.916. The van der Waals surface area contributed by atoms with Crippen LogP contribution in [0.1, 0.15) is 0 Å². The van der Waals surface area contributed by atoms with Crippen LogP contribution in [0.2, 0.25) is 0 Å². The summed E-state index contributed by atoms with van der Waals surface area (Å²) in [6.07, 6.45) is 0. The number of hydrogen-bond donors (Lipinski definition) is 5. The van der Waals surface area contributed by atoms with E-state index in [1.165, 1.54) is 0 Å². The fraction of sp³-hybridized carbons (Fsp3) is 0. The SMILES string of the molecule is O.O.O=O.O=O.OO.OO.[Fe+2].[Fe+2].[Fe+3].[Fe+3].[O-]O.[OH-].[OH-]. The van der Waals surface area contributed by atoms with Crippen LogP contribution in [0.25, 0.3) is 0 Å². The molecule has 2 radical (unpaired) electrons. The minimum Gasteiger partial charge on any atom is -0.870 e. The molecule has 0 saturated heterocycles. The van der Waals surface area contributed by atoms with Crippen LogP contribution in [0.15, 0.2) is 0 Å². The van der Waals surface area contributed by atoms with E-state index in [0.29, 0.717) is 0 Å². The zero-order valence-electron chi connectivity index (χ0n) is 7.59. The van der Waals surface area contributed by atoms with Gasteiger partial charge in [-0.25, -0.2) is 0 Å². The van der Waals surface area contributed by atoms with Gasteiger partial charge < -0.3 is 32.4 Å². The molecule has 0 aromatic carbocycles. The molecule has 0 unspecified atom stereocenters. The molecule has 11 N–H and O–H groups in total. The molecule has 18 heteroatoms. The standard InChI is InChI=1S/4Fe.3H2O2.2O2.4H2O/c;;;;5*1-2;;;;/h;;;;3*1-2H;;;4*1H2/q2*+2;2*+3;;;;;;;;;/p-3. The molecule has 0 saturated carbocycles. The van der Waals surface area contributed by atoms with E-state index in [9.17, 15) is 0 Å². The Morgan fingerprint density at radius 2 is 0.556 bits per heavy atom. The van der Waals surface area contributed by atoms with E-state index in [-0.39, 0.29) is 90.2 Å². The summed E-state index contributed by atoms with van der Waals surface area (Å²) in [6, 6.07) is 0. The molecule has 0 atom stereocenters. The minimum atomic E-state index is 0. The first-order chi connectivity index (χ1) is 5.00. The minimum absolute atomic E-state index is 0. The van der Waals surface area contributed by atoms with Gasteiger partial charge in [0.25, 0.3) is 0 Å². The van der Waals surface area contributed by atoms with E-state index in [0.717, 1.165) is 0 Å². The van der Waals surface area contributed by atoms with Crippen molar-refractivity contribution in [1.29, 1.82) is 0 Å². The molecule has 0 fully saturated rings. The predicted octanol–water partition coefficient (Wildman–Crippen LogP) is -3.02. The van der Waals surface area contributed by atoms with Gasteiger partial charge in [-0.2, -0.15) is 0 Å². The molecule has 18 heavy (non-hydrogen) atoms. The molecule has 120 valence electrons. The fourth-order valence-electron chi connectivity index (χ4n) is 0. The Kier molecular flexibility index (Phi) is 64100. The molecular formula is H11Fe4O14+7. The van der Waals surface area contributed by atoms with Crippen LogP contribution in [0.4, 0.5) is 0 Å². The molecule has 14 nitrogen and oxygen atoms in total. The third-order valence-corrected chi connectivity index (χ3v) is 0. The molecular weight excluding hydrogens is 447 g/mol. The summed E-state index contributed by atoms with van der Waals surface area (Å²) in [5.41, 5.74) is 0. The van der Waals surface area contributed by atoms with Crippen molar-refractivity contribution in [1.82, 2.24) is 0 Å². The maximum atomic E-state index is 7.25. The van der Waals surface area contributed by atoms with E-state index < -0.39 is 0 Å². The van der Waals surface area contributed by atoms with Gasteiger partial charge in [-0.1, -0.05) is 0 Å². The van der Waals surface area contributed by atoms with Crippen molar-refractivity contribution in [3.63, 3.8) is 0 Å². The Balaban J connectivity index is -0.00000000142. The smallest absolute Gasteiger partial charge is 0.870 e. The molecule has 0 rings (SSSR count).